The fourth-order valence-corrected chi connectivity index (χ4v) is 2.66. The van der Waals surface area contributed by atoms with E-state index in [-0.39, 0.29) is 5.56 Å². The molecule has 0 radical (unpaired) electrons. The lowest BCUT2D eigenvalue weighted by atomic mass is 10.1. The molecule has 0 saturated carbocycles. The van der Waals surface area contributed by atoms with E-state index in [4.69, 9.17) is 16.7 Å². The number of nitrogens with zero attached hydrogens (tertiary/aromatic N) is 1. The summed E-state index contributed by atoms with van der Waals surface area (Å²) in [7, 11) is 0. The van der Waals surface area contributed by atoms with E-state index in [0.29, 0.717) is 10.7 Å². The number of aryl methyl sites for hydroxylation is 1. The molecule has 0 amide bonds. The Bertz CT molecular complexity index is 878. The molecule has 0 aliphatic rings. The summed E-state index contributed by atoms with van der Waals surface area (Å²) in [6, 6.07) is 12.2. The van der Waals surface area contributed by atoms with Crippen LogP contribution in [0.2, 0.25) is 5.02 Å². The highest BCUT2D eigenvalue weighted by Gasteiger charge is 2.08. The Labute approximate surface area is 132 Å². The van der Waals surface area contributed by atoms with E-state index in [1.807, 2.05) is 31.2 Å². The largest absolute Gasteiger partial charge is 0.478 e. The van der Waals surface area contributed by atoms with Crippen LogP contribution in [0.25, 0.3) is 10.9 Å². The average Bonchev–Trinajstić information content (AvgIpc) is 2.48. The third-order valence-corrected chi connectivity index (χ3v) is 3.61. The Balaban J connectivity index is 2.08. The molecule has 5 heteroatoms. The number of aromatic carboxylic acids is 1. The van der Waals surface area contributed by atoms with E-state index >= 15 is 0 Å². The molecule has 0 fully saturated rings. The van der Waals surface area contributed by atoms with Gasteiger partial charge in [0.25, 0.3) is 0 Å². The van der Waals surface area contributed by atoms with Crippen molar-refractivity contribution in [3.05, 3.63) is 64.8 Å². The lowest BCUT2D eigenvalue weighted by Gasteiger charge is -2.11. The summed E-state index contributed by atoms with van der Waals surface area (Å²) >= 11 is 6.13. The van der Waals surface area contributed by atoms with Gasteiger partial charge in [-0.25, -0.2) is 4.79 Å². The van der Waals surface area contributed by atoms with Crippen LogP contribution in [0.3, 0.4) is 0 Å². The normalized spacial score (nSPS) is 10.6. The molecule has 1 aromatic heterocycles. The molecule has 0 aliphatic heterocycles. The van der Waals surface area contributed by atoms with Crippen molar-refractivity contribution in [2.45, 2.75) is 6.92 Å². The fraction of sp³-hybridized carbons (Fsp3) is 0.0588. The Morgan fingerprint density at radius 3 is 2.82 bits per heavy atom. The maximum atomic E-state index is 11.1. The number of halogens is 1. The van der Waals surface area contributed by atoms with Gasteiger partial charge in [-0.3, -0.25) is 4.98 Å². The number of hydrogen-bond acceptors (Lipinski definition) is 3. The third-order valence-electron chi connectivity index (χ3n) is 3.39. The lowest BCUT2D eigenvalue weighted by Crippen LogP contribution is -1.98. The van der Waals surface area contributed by atoms with Crippen molar-refractivity contribution < 1.29 is 9.90 Å². The number of carboxylic acids is 1. The van der Waals surface area contributed by atoms with Gasteiger partial charge in [0.1, 0.15) is 0 Å². The number of nitrogens with one attached hydrogen (secondary N) is 1. The topological polar surface area (TPSA) is 62.2 Å². The predicted molar refractivity (Wildman–Crippen MR) is 88.2 cm³/mol. The summed E-state index contributed by atoms with van der Waals surface area (Å²) in [4.78, 5) is 15.4. The summed E-state index contributed by atoms with van der Waals surface area (Å²) in [5.41, 5.74) is 3.62. The number of fused-ring (bicyclic) bond motifs is 1. The number of carboxylic acid groups (broad SMARTS) is 1. The fourth-order valence-electron chi connectivity index (χ4n) is 2.38. The summed E-state index contributed by atoms with van der Waals surface area (Å²) in [5, 5.41) is 13.8. The van der Waals surface area contributed by atoms with Crippen molar-refractivity contribution in [1.82, 2.24) is 4.98 Å². The van der Waals surface area contributed by atoms with Crippen LogP contribution in [0.4, 0.5) is 11.4 Å². The van der Waals surface area contributed by atoms with Gasteiger partial charge < -0.3 is 10.4 Å². The second-order valence-corrected chi connectivity index (χ2v) is 5.42. The molecule has 0 spiro atoms. The molecule has 22 heavy (non-hydrogen) atoms. The van der Waals surface area contributed by atoms with Crippen molar-refractivity contribution in [2.75, 3.05) is 5.32 Å². The van der Waals surface area contributed by atoms with Crippen LogP contribution >= 0.6 is 11.6 Å². The van der Waals surface area contributed by atoms with Gasteiger partial charge >= 0.3 is 5.97 Å². The monoisotopic (exact) mass is 312 g/mol. The first-order chi connectivity index (χ1) is 10.5. The van der Waals surface area contributed by atoms with Crippen LogP contribution in [-0.2, 0) is 0 Å². The molecule has 0 saturated heterocycles. The molecule has 110 valence electrons. The molecule has 3 rings (SSSR count). The zero-order valence-electron chi connectivity index (χ0n) is 11.8. The Hall–Kier alpha value is -2.59. The van der Waals surface area contributed by atoms with Gasteiger partial charge in [0.2, 0.25) is 0 Å². The van der Waals surface area contributed by atoms with Crippen LogP contribution in [0, 0.1) is 6.92 Å². The van der Waals surface area contributed by atoms with Crippen LogP contribution < -0.4 is 5.32 Å². The highest BCUT2D eigenvalue weighted by Crippen LogP contribution is 2.30. The Kier molecular flexibility index (Phi) is 3.69. The van der Waals surface area contributed by atoms with E-state index in [0.717, 1.165) is 22.2 Å². The maximum Gasteiger partial charge on any atom is 0.335 e. The van der Waals surface area contributed by atoms with Gasteiger partial charge in [0.05, 0.1) is 11.1 Å². The van der Waals surface area contributed by atoms with Crippen molar-refractivity contribution in [2.24, 2.45) is 0 Å². The van der Waals surface area contributed by atoms with E-state index < -0.39 is 5.97 Å². The molecule has 3 aromatic rings. The molecule has 4 nitrogen and oxygen atoms in total. The zero-order chi connectivity index (χ0) is 15.7. The molecular formula is C17H13ClN2O2. The Morgan fingerprint density at radius 1 is 1.23 bits per heavy atom. The van der Waals surface area contributed by atoms with Crippen LogP contribution in [0.1, 0.15) is 15.9 Å². The van der Waals surface area contributed by atoms with Gasteiger partial charge in [-0.2, -0.15) is 0 Å². The van der Waals surface area contributed by atoms with E-state index in [1.165, 1.54) is 0 Å². The standard InChI is InChI=1S/C17H13ClN2O2/c1-10-7-12(18)9-14-15(5-6-19-16(10)14)20-13-4-2-3-11(8-13)17(21)22/h2-9H,1H3,(H,19,20)(H,21,22). The first-order valence-corrected chi connectivity index (χ1v) is 7.07. The molecular weight excluding hydrogens is 300 g/mol. The molecule has 2 aromatic carbocycles. The lowest BCUT2D eigenvalue weighted by molar-refractivity contribution is 0.0697. The summed E-state index contributed by atoms with van der Waals surface area (Å²) in [6.45, 7) is 1.95. The van der Waals surface area contributed by atoms with Gasteiger partial charge in [0.15, 0.2) is 0 Å². The number of benzene rings is 2. The van der Waals surface area contributed by atoms with E-state index in [9.17, 15) is 4.79 Å². The second-order valence-electron chi connectivity index (χ2n) is 4.99. The highest BCUT2D eigenvalue weighted by molar-refractivity contribution is 6.31. The number of hydrogen-bond donors (Lipinski definition) is 2. The quantitative estimate of drug-likeness (QED) is 0.739. The minimum atomic E-state index is -0.956. The molecule has 1 heterocycles. The van der Waals surface area contributed by atoms with E-state index in [2.05, 4.69) is 10.3 Å². The van der Waals surface area contributed by atoms with Gasteiger partial charge in [-0.1, -0.05) is 17.7 Å². The van der Waals surface area contributed by atoms with Gasteiger partial charge in [-0.15, -0.1) is 0 Å². The van der Waals surface area contributed by atoms with Gasteiger partial charge in [0, 0.05) is 28.0 Å². The first kappa shape index (κ1) is 14.4. The van der Waals surface area contributed by atoms with Crippen molar-refractivity contribution in [1.29, 1.82) is 0 Å². The number of rotatable bonds is 3. The van der Waals surface area contributed by atoms with Crippen molar-refractivity contribution in [3.63, 3.8) is 0 Å². The predicted octanol–water partition coefficient (Wildman–Crippen LogP) is 4.64. The van der Waals surface area contributed by atoms with Gasteiger partial charge in [-0.05, 0) is 48.9 Å². The smallest absolute Gasteiger partial charge is 0.335 e. The second kappa shape index (κ2) is 5.66. The number of aromatic nitrogens is 1. The summed E-state index contributed by atoms with van der Waals surface area (Å²) in [5.74, 6) is -0.956. The molecule has 0 bridgehead atoms. The van der Waals surface area contributed by atoms with Crippen molar-refractivity contribution >= 4 is 39.8 Å². The van der Waals surface area contributed by atoms with E-state index in [1.54, 1.807) is 24.4 Å². The molecule has 0 unspecified atom stereocenters. The molecule has 2 N–H and O–H groups in total. The minimum Gasteiger partial charge on any atom is -0.478 e. The van der Waals surface area contributed by atoms with Crippen LogP contribution in [0.5, 0.6) is 0 Å². The molecule has 0 atom stereocenters. The highest BCUT2D eigenvalue weighted by atomic mass is 35.5. The average molecular weight is 313 g/mol. The summed E-state index contributed by atoms with van der Waals surface area (Å²) in [6.07, 6.45) is 1.71. The first-order valence-electron chi connectivity index (χ1n) is 6.70. The Morgan fingerprint density at radius 2 is 2.05 bits per heavy atom. The van der Waals surface area contributed by atoms with Crippen LogP contribution in [-0.4, -0.2) is 16.1 Å². The maximum absolute atomic E-state index is 11.1. The third kappa shape index (κ3) is 2.73. The number of pyridine rings is 1. The van der Waals surface area contributed by atoms with Crippen LogP contribution in [0.15, 0.2) is 48.7 Å². The summed E-state index contributed by atoms with van der Waals surface area (Å²) < 4.78 is 0. The number of carbonyl (C=O) groups is 1. The SMILES string of the molecule is Cc1cc(Cl)cc2c(Nc3cccc(C(=O)O)c3)ccnc12. The van der Waals surface area contributed by atoms with Crippen molar-refractivity contribution in [3.8, 4) is 0 Å². The zero-order valence-corrected chi connectivity index (χ0v) is 12.6. The minimum absolute atomic E-state index is 0.234. The molecule has 0 aliphatic carbocycles. The number of anilines is 2.